The van der Waals surface area contributed by atoms with Gasteiger partial charge in [-0.15, -0.1) is 0 Å². The van der Waals surface area contributed by atoms with Crippen molar-refractivity contribution in [3.8, 4) is 0 Å². The molecule has 121 heavy (non-hydrogen) atoms. The summed E-state index contributed by atoms with van der Waals surface area (Å²) in [5.74, 6) is -0.461. The monoisotopic (exact) mass is 1810 g/mol. The Balaban J connectivity index is 1.88. The van der Waals surface area contributed by atoms with Crippen molar-refractivity contribution in [2.75, 3.05) is 307 Å². The Morgan fingerprint density at radius 1 is 0.322 bits per heavy atom. The molecule has 2 fully saturated rings. The molecule has 40 nitrogen and oxygen atoms in total. The minimum atomic E-state index is -1.18. The molecule has 0 saturated carbocycles. The van der Waals surface area contributed by atoms with Crippen LogP contribution in [-0.2, 0) is 124 Å². The van der Waals surface area contributed by atoms with E-state index in [0.29, 0.717) is 255 Å². The zero-order valence-electron chi connectivity index (χ0n) is 71.1. The predicted octanol–water partition coefficient (Wildman–Crippen LogP) is -2.65. The molecule has 0 aliphatic carbocycles. The molecule has 0 aromatic carbocycles. The topological polar surface area (TPSA) is 518 Å². The normalized spacial score (nSPS) is 15.1. The van der Waals surface area contributed by atoms with Gasteiger partial charge >= 0.3 is 6.03 Å². The molecule has 0 radical (unpaired) electrons. The fraction of sp³-hybridized carbons (Fsp3) is 0.883. The van der Waals surface area contributed by atoms with Crippen LogP contribution >= 0.6 is 49.6 Å². The van der Waals surface area contributed by atoms with Crippen LogP contribution < -0.4 is 70.4 Å². The Hall–Kier alpha value is -4.41. The first-order chi connectivity index (χ1) is 59.0. The van der Waals surface area contributed by atoms with Gasteiger partial charge in [-0.3, -0.25) is 38.4 Å². The molecule has 16 N–H and O–H groups in total. The van der Waals surface area contributed by atoms with E-state index in [2.05, 4.69) is 91.1 Å². The van der Waals surface area contributed by atoms with Gasteiger partial charge in [-0.1, -0.05) is 12.8 Å². The summed E-state index contributed by atoms with van der Waals surface area (Å²) in [7, 11) is 0. The third-order valence-electron chi connectivity index (χ3n) is 17.9. The number of fused-ring (bicyclic) bond motifs is 1. The van der Waals surface area contributed by atoms with Crippen molar-refractivity contribution in [2.24, 2.45) is 17.2 Å². The van der Waals surface area contributed by atoms with Gasteiger partial charge in [0.05, 0.1) is 268 Å². The minimum absolute atomic E-state index is 0.0386. The Morgan fingerprint density at radius 3 is 0.860 bits per heavy atom. The number of hydrogen-bond acceptors (Lipinski definition) is 34. The highest BCUT2D eigenvalue weighted by Crippen LogP contribution is 2.33. The zero-order chi connectivity index (χ0) is 87.8. The summed E-state index contributed by atoms with van der Waals surface area (Å²) in [6.07, 6.45) is 4.97. The molecule has 44 heteroatoms. The first-order valence-corrected chi connectivity index (χ1v) is 45.4. The van der Waals surface area contributed by atoms with E-state index in [4.69, 9.17) is 102 Å². The van der Waals surface area contributed by atoms with E-state index in [1.54, 1.807) is 0 Å². The summed E-state index contributed by atoms with van der Waals surface area (Å²) < 4.78 is 100. The number of unbranched alkanes of at least 4 members (excludes halogenated alkanes) is 3. The van der Waals surface area contributed by atoms with Crippen molar-refractivity contribution in [1.82, 2.24) is 53.2 Å². The number of ether oxygens (including phenoxy) is 18. The lowest BCUT2D eigenvalue weighted by atomic mass is 9.82. The van der Waals surface area contributed by atoms with Crippen LogP contribution in [-0.4, -0.2) is 401 Å². The third-order valence-corrected chi connectivity index (χ3v) is 20.6. The molecule has 0 aromatic rings. The van der Waals surface area contributed by atoms with Gasteiger partial charge in [0.25, 0.3) is 0 Å². The number of amides is 10. The Labute approximate surface area is 735 Å². The lowest BCUT2D eigenvalue weighted by Crippen LogP contribution is -2.50. The first kappa shape index (κ1) is 113. The predicted molar refractivity (Wildman–Crippen MR) is 462 cm³/mol. The highest BCUT2D eigenvalue weighted by Gasteiger charge is 2.42. The molecule has 2 rings (SSSR count). The van der Waals surface area contributed by atoms with Crippen LogP contribution in [0.1, 0.15) is 89.9 Å². The molecule has 10 amide bonds. The summed E-state index contributed by atoms with van der Waals surface area (Å²) in [5, 5.41) is 29.2. The van der Waals surface area contributed by atoms with Crippen molar-refractivity contribution in [1.29, 1.82) is 0 Å². The van der Waals surface area contributed by atoms with E-state index in [1.165, 1.54) is 0 Å². The fourth-order valence-electron chi connectivity index (χ4n) is 11.2. The molecule has 2 aliphatic rings. The number of hydrogen-bond donors (Lipinski definition) is 16. The second-order valence-electron chi connectivity index (χ2n) is 27.7. The van der Waals surface area contributed by atoms with Crippen LogP contribution in [0.4, 0.5) is 4.79 Å². The Morgan fingerprint density at radius 2 is 0.570 bits per heavy atom. The van der Waals surface area contributed by atoms with Crippen molar-refractivity contribution in [3.05, 3.63) is 0 Å². The number of thiol groups is 3. The van der Waals surface area contributed by atoms with Crippen LogP contribution in [0.3, 0.4) is 0 Å². The van der Waals surface area contributed by atoms with Crippen LogP contribution in [0.5, 0.6) is 0 Å². The molecule has 0 aromatic heterocycles. The third kappa shape index (κ3) is 67.5. The number of thioether (sulfide) groups is 1. The zero-order valence-corrected chi connectivity index (χ0v) is 74.6. The summed E-state index contributed by atoms with van der Waals surface area (Å²) in [6.45, 7) is 14.3. The summed E-state index contributed by atoms with van der Waals surface area (Å²) >= 11 is 13.9. The molecular weight excluding hydrogens is 1670 g/mol. The maximum Gasteiger partial charge on any atom is 0.315 e. The Kier molecular flexibility index (Phi) is 75.7. The number of nitrogens with two attached hydrogens (primary N) is 3. The average molecular weight is 1820 g/mol. The standard InChI is InChI=1S/C77H147N13O27S4/c78-62(58-118)73(96)85-19-25-103-31-37-109-43-49-115-55-52-112-46-40-106-34-28-100-22-16-82-68(92)9-12-77(90-71(95)8-2-1-5-15-81-67(91)7-4-3-6-66-72-65(61-121-66)88-76(99)89-72,13-10-69(93)83-17-23-101-29-35-107-41-47-113-53-56-116-50-44-110-38-32-104-26-20-86-74(97)63(79)59-119)14-11-70(94)84-18-24-102-30-36-108-42-48-114-54-57-117-51-45-111-39-33-105-27-21-87-75(98)64(80)60-120/h62-66,72,118-120H,1-61,78-80H2,(H,81,91)(H,82,92)(H,83,93)(H,84,94)(H,85,96)(H,86,97)(H,87,98)(H,90,95)(H2,88,89,99)/t62-,63-,64-,65-,66-,72-/m0/s1. The van der Waals surface area contributed by atoms with E-state index in [1.807, 2.05) is 11.8 Å². The van der Waals surface area contributed by atoms with Gasteiger partial charge in [-0.05, 0) is 44.9 Å². The first-order valence-electron chi connectivity index (χ1n) is 42.4. The second kappa shape index (κ2) is 81.4. The molecular formula is C77H147N13O27S4. The number of urea groups is 1. The van der Waals surface area contributed by atoms with Crippen LogP contribution in [0.15, 0.2) is 0 Å². The van der Waals surface area contributed by atoms with Crippen molar-refractivity contribution >= 4 is 103 Å². The Bertz CT molecular complexity index is 2420. The second-order valence-corrected chi connectivity index (χ2v) is 30.0. The van der Waals surface area contributed by atoms with Gasteiger partial charge in [-0.2, -0.15) is 49.6 Å². The fourth-order valence-corrected chi connectivity index (χ4v) is 13.2. The molecule has 0 bridgehead atoms. The molecule has 2 aliphatic heterocycles. The number of carbonyl (C=O) groups excluding carboxylic acids is 9. The quantitative estimate of drug-likeness (QED) is 0.0168. The molecule has 0 spiro atoms. The largest absolute Gasteiger partial charge is 0.377 e. The number of nitrogens with one attached hydrogen (secondary N) is 10. The van der Waals surface area contributed by atoms with E-state index >= 15 is 0 Å². The lowest BCUT2D eigenvalue weighted by Gasteiger charge is -2.35. The molecule has 0 unspecified atom stereocenters. The summed E-state index contributed by atoms with van der Waals surface area (Å²) in [4.78, 5) is 114. The molecule has 706 valence electrons. The molecule has 2 heterocycles. The molecule has 6 atom stereocenters. The minimum Gasteiger partial charge on any atom is -0.377 e. The highest BCUT2D eigenvalue weighted by molar-refractivity contribution is 8.00. The van der Waals surface area contributed by atoms with Crippen LogP contribution in [0, 0.1) is 0 Å². The van der Waals surface area contributed by atoms with Crippen LogP contribution in [0.2, 0.25) is 0 Å². The number of rotatable bonds is 90. The smallest absolute Gasteiger partial charge is 0.315 e. The van der Waals surface area contributed by atoms with Gasteiger partial charge in [0.1, 0.15) is 0 Å². The number of carbonyl (C=O) groups is 9. The highest BCUT2D eigenvalue weighted by atomic mass is 32.2. The van der Waals surface area contributed by atoms with Gasteiger partial charge in [0.15, 0.2) is 0 Å². The van der Waals surface area contributed by atoms with Gasteiger partial charge in [0, 0.05) is 112 Å². The van der Waals surface area contributed by atoms with E-state index in [-0.39, 0.29) is 187 Å². The van der Waals surface area contributed by atoms with E-state index < -0.39 is 23.7 Å². The van der Waals surface area contributed by atoms with Gasteiger partial charge in [-0.25, -0.2) is 4.79 Å². The maximum absolute atomic E-state index is 14.1. The maximum atomic E-state index is 14.1. The van der Waals surface area contributed by atoms with Crippen LogP contribution in [0.25, 0.3) is 0 Å². The van der Waals surface area contributed by atoms with Crippen molar-refractivity contribution < 1.29 is 128 Å². The van der Waals surface area contributed by atoms with E-state index in [0.717, 1.165) is 25.0 Å². The van der Waals surface area contributed by atoms with E-state index in [9.17, 15) is 43.2 Å². The van der Waals surface area contributed by atoms with Crippen molar-refractivity contribution in [3.63, 3.8) is 0 Å². The van der Waals surface area contributed by atoms with Gasteiger partial charge in [0.2, 0.25) is 47.3 Å². The average Bonchev–Trinajstić information content (AvgIpc) is 1.67. The van der Waals surface area contributed by atoms with Crippen molar-refractivity contribution in [2.45, 2.75) is 131 Å². The summed E-state index contributed by atoms with van der Waals surface area (Å²) in [6, 6.07) is -1.80. The molecule has 2 saturated heterocycles. The summed E-state index contributed by atoms with van der Waals surface area (Å²) in [5.41, 5.74) is 15.7. The SMILES string of the molecule is N[C@@H](CS)C(=O)NCCOCCOCCOCCOCCOCCOCCNC(=O)CCC(CCC(=O)NCCOCCOCCOCCOCCOCCOCCNC(=O)[C@@H](N)CS)(CCC(=O)NCCOCCOCCOCCOCCOCCOCCNC(=O)[C@@H](N)CS)NC(=O)CCCCCNC(=O)CCCC[C@@H]1SC[C@@H]2NC(=O)N[C@@H]21. The van der Waals surface area contributed by atoms with Gasteiger partial charge < -0.3 is 156 Å². The lowest BCUT2D eigenvalue weighted by molar-refractivity contribution is -0.127.